The highest BCUT2D eigenvalue weighted by atomic mass is 16.5. The number of nitrogens with zero attached hydrogens (tertiary/aromatic N) is 3. The van der Waals surface area contributed by atoms with Gasteiger partial charge in [0.1, 0.15) is 0 Å². The molecule has 0 bridgehead atoms. The molecule has 1 aromatic heterocycles. The van der Waals surface area contributed by atoms with Crippen LogP contribution in [0.25, 0.3) is 11.5 Å². The van der Waals surface area contributed by atoms with Gasteiger partial charge in [0.15, 0.2) is 5.82 Å². The summed E-state index contributed by atoms with van der Waals surface area (Å²) < 4.78 is 5.51. The zero-order valence-corrected chi connectivity index (χ0v) is 14.2. The van der Waals surface area contributed by atoms with E-state index in [1.165, 1.54) is 0 Å². The van der Waals surface area contributed by atoms with Gasteiger partial charge in [0.2, 0.25) is 0 Å². The van der Waals surface area contributed by atoms with E-state index in [2.05, 4.69) is 45.5 Å². The third-order valence-corrected chi connectivity index (χ3v) is 4.09. The van der Waals surface area contributed by atoms with Crippen molar-refractivity contribution in [2.75, 3.05) is 19.0 Å². The lowest BCUT2D eigenvalue weighted by Gasteiger charge is -2.21. The van der Waals surface area contributed by atoms with Crippen LogP contribution in [0.5, 0.6) is 0 Å². The fourth-order valence-electron chi connectivity index (χ4n) is 2.56. The Morgan fingerprint density at radius 3 is 2.54 bits per heavy atom. The van der Waals surface area contributed by atoms with E-state index in [9.17, 15) is 0 Å². The summed E-state index contributed by atoms with van der Waals surface area (Å²) in [6, 6.07) is 18.6. The Kier molecular flexibility index (Phi) is 4.91. The first-order chi connectivity index (χ1) is 11.7. The monoisotopic (exact) mass is 322 g/mol. The van der Waals surface area contributed by atoms with E-state index in [-0.39, 0.29) is 0 Å². The SMILES string of the molecule is CNC(C)Cc1noc(-c2ccccc2N(C)c2ccccc2)n1. The summed E-state index contributed by atoms with van der Waals surface area (Å²) in [7, 11) is 3.96. The highest BCUT2D eigenvalue weighted by Crippen LogP contribution is 2.33. The third kappa shape index (κ3) is 3.46. The molecule has 5 heteroatoms. The van der Waals surface area contributed by atoms with Crippen LogP contribution in [0.15, 0.2) is 59.1 Å². The minimum Gasteiger partial charge on any atom is -0.344 e. The highest BCUT2D eigenvalue weighted by Gasteiger charge is 2.16. The molecule has 3 aromatic rings. The van der Waals surface area contributed by atoms with Gasteiger partial charge in [-0.15, -0.1) is 0 Å². The minimum atomic E-state index is 0.303. The Bertz CT molecular complexity index is 785. The Labute approximate surface area is 142 Å². The first kappa shape index (κ1) is 16.2. The van der Waals surface area contributed by atoms with Crippen LogP contribution in [0.3, 0.4) is 0 Å². The quantitative estimate of drug-likeness (QED) is 0.750. The van der Waals surface area contributed by atoms with Gasteiger partial charge in [0.25, 0.3) is 5.89 Å². The van der Waals surface area contributed by atoms with Crippen molar-refractivity contribution < 1.29 is 4.52 Å². The summed E-state index contributed by atoms with van der Waals surface area (Å²) in [6.07, 6.45) is 0.733. The van der Waals surface area contributed by atoms with Crippen molar-refractivity contribution in [3.63, 3.8) is 0 Å². The van der Waals surface area contributed by atoms with Crippen LogP contribution in [0, 0.1) is 0 Å². The third-order valence-electron chi connectivity index (χ3n) is 4.09. The number of likely N-dealkylation sites (N-methyl/N-ethyl adjacent to an activating group) is 1. The average Bonchev–Trinajstić information content (AvgIpc) is 3.10. The molecule has 0 aliphatic heterocycles. The molecule has 124 valence electrons. The van der Waals surface area contributed by atoms with Crippen LogP contribution < -0.4 is 10.2 Å². The number of nitrogens with one attached hydrogen (secondary N) is 1. The van der Waals surface area contributed by atoms with E-state index in [0.717, 1.165) is 23.4 Å². The summed E-state index contributed by atoms with van der Waals surface area (Å²) in [5.74, 6) is 1.26. The van der Waals surface area contributed by atoms with Gasteiger partial charge in [-0.05, 0) is 38.2 Å². The second-order valence-electron chi connectivity index (χ2n) is 5.82. The van der Waals surface area contributed by atoms with E-state index < -0.39 is 0 Å². The second-order valence-corrected chi connectivity index (χ2v) is 5.82. The summed E-state index contributed by atoms with van der Waals surface area (Å²) in [6.45, 7) is 2.09. The lowest BCUT2D eigenvalue weighted by Crippen LogP contribution is -2.24. The summed E-state index contributed by atoms with van der Waals surface area (Å²) >= 11 is 0. The molecular formula is C19H22N4O. The first-order valence-corrected chi connectivity index (χ1v) is 8.07. The van der Waals surface area contributed by atoms with E-state index in [1.54, 1.807) is 0 Å². The van der Waals surface area contributed by atoms with Crippen molar-refractivity contribution in [1.82, 2.24) is 15.5 Å². The number of rotatable bonds is 6. The van der Waals surface area contributed by atoms with Crippen molar-refractivity contribution in [1.29, 1.82) is 0 Å². The van der Waals surface area contributed by atoms with E-state index >= 15 is 0 Å². The molecule has 1 heterocycles. The number of hydrogen-bond acceptors (Lipinski definition) is 5. The molecule has 0 amide bonds. The molecule has 3 rings (SSSR count). The summed E-state index contributed by atoms with van der Waals surface area (Å²) in [5, 5.41) is 7.29. The van der Waals surface area contributed by atoms with Crippen LogP contribution in [0.1, 0.15) is 12.7 Å². The molecule has 0 fully saturated rings. The number of para-hydroxylation sites is 2. The highest BCUT2D eigenvalue weighted by molar-refractivity contribution is 5.78. The van der Waals surface area contributed by atoms with Crippen LogP contribution in [0.2, 0.25) is 0 Å². The fourth-order valence-corrected chi connectivity index (χ4v) is 2.56. The van der Waals surface area contributed by atoms with Crippen LogP contribution in [-0.2, 0) is 6.42 Å². The lowest BCUT2D eigenvalue weighted by molar-refractivity contribution is 0.418. The van der Waals surface area contributed by atoms with Gasteiger partial charge in [-0.3, -0.25) is 0 Å². The lowest BCUT2D eigenvalue weighted by atomic mass is 10.1. The van der Waals surface area contributed by atoms with Crippen LogP contribution in [-0.4, -0.2) is 30.3 Å². The van der Waals surface area contributed by atoms with E-state index in [4.69, 9.17) is 4.52 Å². The predicted molar refractivity (Wildman–Crippen MR) is 96.5 cm³/mol. The number of benzene rings is 2. The van der Waals surface area contributed by atoms with Gasteiger partial charge >= 0.3 is 0 Å². The van der Waals surface area contributed by atoms with Crippen LogP contribution in [0.4, 0.5) is 11.4 Å². The van der Waals surface area contributed by atoms with Crippen molar-refractivity contribution >= 4 is 11.4 Å². The van der Waals surface area contributed by atoms with Gasteiger partial charge in [-0.1, -0.05) is 35.5 Å². The smallest absolute Gasteiger partial charge is 0.260 e. The zero-order valence-electron chi connectivity index (χ0n) is 14.2. The molecule has 5 nitrogen and oxygen atoms in total. The molecule has 2 aromatic carbocycles. The van der Waals surface area contributed by atoms with Gasteiger partial charge in [0, 0.05) is 25.2 Å². The molecule has 1 N–H and O–H groups in total. The summed E-state index contributed by atoms with van der Waals surface area (Å²) in [5.41, 5.74) is 3.06. The average molecular weight is 322 g/mol. The first-order valence-electron chi connectivity index (χ1n) is 8.07. The molecule has 1 unspecified atom stereocenters. The second kappa shape index (κ2) is 7.27. The minimum absolute atomic E-state index is 0.303. The van der Waals surface area contributed by atoms with Gasteiger partial charge in [0.05, 0.1) is 11.3 Å². The van der Waals surface area contributed by atoms with E-state index in [0.29, 0.717) is 17.8 Å². The van der Waals surface area contributed by atoms with Crippen LogP contribution >= 0.6 is 0 Å². The van der Waals surface area contributed by atoms with Gasteiger partial charge in [-0.25, -0.2) is 0 Å². The molecule has 24 heavy (non-hydrogen) atoms. The molecule has 0 saturated carbocycles. The number of hydrogen-bond donors (Lipinski definition) is 1. The molecule has 0 radical (unpaired) electrons. The Morgan fingerprint density at radius 2 is 1.79 bits per heavy atom. The number of aromatic nitrogens is 2. The van der Waals surface area contributed by atoms with E-state index in [1.807, 2.05) is 50.5 Å². The van der Waals surface area contributed by atoms with Crippen molar-refractivity contribution in [2.24, 2.45) is 0 Å². The maximum absolute atomic E-state index is 5.51. The van der Waals surface area contributed by atoms with Crippen molar-refractivity contribution in [3.8, 4) is 11.5 Å². The number of anilines is 2. The molecule has 0 saturated heterocycles. The normalized spacial score (nSPS) is 12.1. The molecule has 0 spiro atoms. The Balaban J connectivity index is 1.92. The molecular weight excluding hydrogens is 300 g/mol. The van der Waals surface area contributed by atoms with Gasteiger partial charge in [-0.2, -0.15) is 4.98 Å². The predicted octanol–water partition coefficient (Wildman–Crippen LogP) is 3.65. The molecule has 0 aliphatic carbocycles. The maximum Gasteiger partial charge on any atom is 0.260 e. The Morgan fingerprint density at radius 1 is 1.08 bits per heavy atom. The van der Waals surface area contributed by atoms with Crippen molar-refractivity contribution in [2.45, 2.75) is 19.4 Å². The van der Waals surface area contributed by atoms with Gasteiger partial charge < -0.3 is 14.7 Å². The van der Waals surface area contributed by atoms with Crippen molar-refractivity contribution in [3.05, 3.63) is 60.4 Å². The molecule has 0 aliphatic rings. The largest absolute Gasteiger partial charge is 0.344 e. The standard InChI is InChI=1S/C19H22N4O/c1-14(20-2)13-18-21-19(24-22-18)16-11-7-8-12-17(16)23(3)15-9-5-4-6-10-15/h4-12,14,20H,13H2,1-3H3. The molecule has 1 atom stereocenters. The fraction of sp³-hybridized carbons (Fsp3) is 0.263. The maximum atomic E-state index is 5.51. The topological polar surface area (TPSA) is 54.2 Å². The Hall–Kier alpha value is -2.66. The zero-order chi connectivity index (χ0) is 16.9. The summed E-state index contributed by atoms with van der Waals surface area (Å²) in [4.78, 5) is 6.68.